The van der Waals surface area contributed by atoms with Gasteiger partial charge in [-0.15, -0.1) is 0 Å². The number of hydrogen-bond donors (Lipinski definition) is 3. The van der Waals surface area contributed by atoms with Crippen molar-refractivity contribution in [1.29, 1.82) is 0 Å². The normalized spacial score (nSPS) is 8.86. The summed E-state index contributed by atoms with van der Waals surface area (Å²) in [6.45, 7) is 0.971. The number of ether oxygens (including phenoxy) is 2. The maximum Gasteiger partial charge on any atom is 0.369 e. The maximum absolute atomic E-state index is 11.2. The lowest BCUT2D eigenvalue weighted by molar-refractivity contribution is -0.137. The minimum absolute atomic E-state index is 0.138. The molecule has 120 valence electrons. The Morgan fingerprint density at radius 1 is 1.23 bits per heavy atom. The van der Waals surface area contributed by atoms with Gasteiger partial charge in [0.2, 0.25) is 5.91 Å². The number of rotatable bonds is 4. The zero-order chi connectivity index (χ0) is 17.1. The average Bonchev–Trinajstić information content (AvgIpc) is 2.45. The molecule has 1 rings (SSSR count). The van der Waals surface area contributed by atoms with E-state index in [4.69, 9.17) is 9.84 Å². The average molecular weight is 329 g/mol. The molecule has 1 aromatic rings. The molecule has 0 heterocycles. The van der Waals surface area contributed by atoms with Crippen LogP contribution >= 0.6 is 12.6 Å². The Kier molecular flexibility index (Phi) is 9.03. The van der Waals surface area contributed by atoms with Crippen molar-refractivity contribution in [2.75, 3.05) is 13.7 Å². The lowest BCUT2D eigenvalue weighted by Crippen LogP contribution is -2.26. The van der Waals surface area contributed by atoms with Crippen LogP contribution in [0.5, 0.6) is 5.75 Å². The molecule has 2 N–H and O–H groups in total. The number of methoxy groups -OCH3 is 1. The Hall–Kier alpha value is -2.55. The Labute approximate surface area is 131 Å². The van der Waals surface area contributed by atoms with Crippen LogP contribution in [0.4, 0.5) is 4.79 Å². The van der Waals surface area contributed by atoms with Crippen LogP contribution in [0, 0.1) is 0 Å². The molecular formula is C13H15NO7S. The van der Waals surface area contributed by atoms with Crippen molar-refractivity contribution >= 4 is 35.8 Å². The Balaban J connectivity index is 0.000000472. The fraction of sp³-hybridized carbons (Fsp3) is 0.231. The van der Waals surface area contributed by atoms with Gasteiger partial charge in [0, 0.05) is 6.92 Å². The third-order valence-electron chi connectivity index (χ3n) is 1.98. The van der Waals surface area contributed by atoms with Crippen molar-refractivity contribution in [3.05, 3.63) is 29.8 Å². The molecule has 0 saturated heterocycles. The number of hydrogen-bond acceptors (Lipinski definition) is 6. The lowest BCUT2D eigenvalue weighted by atomic mass is 10.2. The highest BCUT2D eigenvalue weighted by molar-refractivity contribution is 7.96. The predicted molar refractivity (Wildman–Crippen MR) is 79.1 cm³/mol. The summed E-state index contributed by atoms with van der Waals surface area (Å²) in [4.78, 5) is 41.4. The third kappa shape index (κ3) is 8.59. The van der Waals surface area contributed by atoms with Gasteiger partial charge in [-0.05, 0) is 12.1 Å². The number of carbonyl (C=O) groups is 4. The number of para-hydroxylation sites is 1. The van der Waals surface area contributed by atoms with Gasteiger partial charge < -0.3 is 19.9 Å². The second kappa shape index (κ2) is 10.2. The molecule has 0 saturated carbocycles. The lowest BCUT2D eigenvalue weighted by Gasteiger charge is -2.05. The van der Waals surface area contributed by atoms with Crippen LogP contribution in [0.2, 0.25) is 0 Å². The second-order valence-electron chi connectivity index (χ2n) is 3.66. The van der Waals surface area contributed by atoms with E-state index in [1.165, 1.54) is 26.2 Å². The molecule has 0 unspecified atom stereocenters. The molecule has 0 aliphatic rings. The van der Waals surface area contributed by atoms with Gasteiger partial charge in [-0.1, -0.05) is 24.8 Å². The number of esters is 1. The van der Waals surface area contributed by atoms with Crippen LogP contribution in [0.1, 0.15) is 17.3 Å². The standard InChI is InChI=1S/C9H8O4S.C4H7NO3/c1-12-8(10)6-4-2-3-5-7(6)13-9(11)14;1-3(6)5-2-4(7)8/h2-5H,1H3,(H,11,14);2H2,1H3,(H,5,6)(H,7,8). The van der Waals surface area contributed by atoms with Crippen molar-refractivity contribution in [2.45, 2.75) is 6.92 Å². The Morgan fingerprint density at radius 3 is 2.23 bits per heavy atom. The molecule has 0 bridgehead atoms. The van der Waals surface area contributed by atoms with Gasteiger partial charge in [-0.25, -0.2) is 9.59 Å². The summed E-state index contributed by atoms with van der Waals surface area (Å²) in [6.07, 6.45) is 0. The number of aliphatic carboxylic acids is 1. The van der Waals surface area contributed by atoms with E-state index in [9.17, 15) is 19.2 Å². The Morgan fingerprint density at radius 2 is 1.82 bits per heavy atom. The van der Waals surface area contributed by atoms with Crippen LogP contribution in [0.25, 0.3) is 0 Å². The SMILES string of the molecule is CC(=O)NCC(=O)O.COC(=O)c1ccccc1OC(=O)S. The van der Waals surface area contributed by atoms with Gasteiger partial charge in [0.15, 0.2) is 0 Å². The van der Waals surface area contributed by atoms with Gasteiger partial charge in [-0.3, -0.25) is 9.59 Å². The number of amides is 1. The van der Waals surface area contributed by atoms with Crippen LogP contribution < -0.4 is 10.1 Å². The summed E-state index contributed by atoms with van der Waals surface area (Å²) in [5.74, 6) is -1.78. The molecule has 0 spiro atoms. The zero-order valence-corrected chi connectivity index (χ0v) is 12.8. The minimum Gasteiger partial charge on any atom is -0.480 e. The molecule has 1 amide bonds. The second-order valence-corrected chi connectivity index (χ2v) is 4.02. The quantitative estimate of drug-likeness (QED) is 0.559. The number of thiol groups is 1. The van der Waals surface area contributed by atoms with E-state index in [1.54, 1.807) is 12.1 Å². The van der Waals surface area contributed by atoms with E-state index < -0.39 is 17.2 Å². The van der Waals surface area contributed by atoms with Gasteiger partial charge >= 0.3 is 17.2 Å². The molecule has 0 aromatic heterocycles. The molecule has 0 atom stereocenters. The van der Waals surface area contributed by atoms with E-state index in [0.29, 0.717) is 0 Å². The van der Waals surface area contributed by atoms with E-state index >= 15 is 0 Å². The van der Waals surface area contributed by atoms with Crippen LogP contribution in [-0.4, -0.2) is 41.9 Å². The fourth-order valence-electron chi connectivity index (χ4n) is 1.13. The summed E-state index contributed by atoms with van der Waals surface area (Å²) in [5, 5.41) is 9.28. The highest BCUT2D eigenvalue weighted by Gasteiger charge is 2.13. The molecule has 8 nitrogen and oxygen atoms in total. The molecule has 0 fully saturated rings. The first-order valence-electron chi connectivity index (χ1n) is 5.82. The third-order valence-corrected chi connectivity index (χ3v) is 2.07. The molecular weight excluding hydrogens is 314 g/mol. The zero-order valence-electron chi connectivity index (χ0n) is 11.9. The number of nitrogens with one attached hydrogen (secondary N) is 1. The molecule has 0 aliphatic heterocycles. The molecule has 0 radical (unpaired) electrons. The number of carboxylic acids is 1. The molecule has 9 heteroatoms. The smallest absolute Gasteiger partial charge is 0.369 e. The monoisotopic (exact) mass is 329 g/mol. The maximum atomic E-state index is 11.2. The molecule has 1 aromatic carbocycles. The number of benzene rings is 1. The summed E-state index contributed by atoms with van der Waals surface area (Å²) >= 11 is 3.44. The summed E-state index contributed by atoms with van der Waals surface area (Å²) in [6, 6.07) is 6.26. The summed E-state index contributed by atoms with van der Waals surface area (Å²) < 4.78 is 9.20. The first-order valence-corrected chi connectivity index (χ1v) is 6.27. The van der Waals surface area contributed by atoms with Crippen molar-refractivity contribution in [2.24, 2.45) is 0 Å². The van der Waals surface area contributed by atoms with Gasteiger partial charge in [-0.2, -0.15) is 0 Å². The first-order chi connectivity index (χ1) is 10.3. The highest BCUT2D eigenvalue weighted by atomic mass is 32.1. The van der Waals surface area contributed by atoms with Gasteiger partial charge in [0.1, 0.15) is 17.9 Å². The van der Waals surface area contributed by atoms with Crippen LogP contribution in [0.15, 0.2) is 24.3 Å². The minimum atomic E-state index is -1.03. The summed E-state index contributed by atoms with van der Waals surface area (Å²) in [5.41, 5.74) is 0.192. The summed E-state index contributed by atoms with van der Waals surface area (Å²) in [7, 11) is 1.25. The molecule has 22 heavy (non-hydrogen) atoms. The van der Waals surface area contributed by atoms with Crippen LogP contribution in [-0.2, 0) is 14.3 Å². The number of carboxylic acid groups (broad SMARTS) is 1. The predicted octanol–water partition coefficient (Wildman–Crippen LogP) is 1.11. The van der Waals surface area contributed by atoms with Gasteiger partial charge in [0.05, 0.1) is 7.11 Å². The van der Waals surface area contributed by atoms with Crippen molar-refractivity contribution in [3.63, 3.8) is 0 Å². The van der Waals surface area contributed by atoms with Gasteiger partial charge in [0.25, 0.3) is 0 Å². The van der Waals surface area contributed by atoms with E-state index in [0.717, 1.165) is 0 Å². The van der Waals surface area contributed by atoms with E-state index in [-0.39, 0.29) is 23.8 Å². The van der Waals surface area contributed by atoms with Crippen LogP contribution in [0.3, 0.4) is 0 Å². The molecule has 0 aliphatic carbocycles. The topological polar surface area (TPSA) is 119 Å². The number of carbonyl (C=O) groups excluding carboxylic acids is 3. The fourth-order valence-corrected chi connectivity index (χ4v) is 1.23. The van der Waals surface area contributed by atoms with Crippen molar-refractivity contribution < 1.29 is 33.8 Å². The first kappa shape index (κ1) is 19.4. The van der Waals surface area contributed by atoms with E-state index in [2.05, 4.69) is 22.7 Å². The highest BCUT2D eigenvalue weighted by Crippen LogP contribution is 2.19. The largest absolute Gasteiger partial charge is 0.480 e. The van der Waals surface area contributed by atoms with Crippen molar-refractivity contribution in [3.8, 4) is 5.75 Å². The Bertz CT molecular complexity index is 545. The van der Waals surface area contributed by atoms with E-state index in [1.807, 2.05) is 0 Å². The van der Waals surface area contributed by atoms with Crippen molar-refractivity contribution in [1.82, 2.24) is 5.32 Å².